The first-order chi connectivity index (χ1) is 9.69. The van der Waals surface area contributed by atoms with E-state index in [0.717, 1.165) is 16.9 Å². The third-order valence-electron chi connectivity index (χ3n) is 2.69. The Kier molecular flexibility index (Phi) is 4.30. The van der Waals surface area contributed by atoms with Gasteiger partial charge in [-0.15, -0.1) is 0 Å². The second-order valence-corrected chi connectivity index (χ2v) is 4.24. The maximum absolute atomic E-state index is 10.9. The summed E-state index contributed by atoms with van der Waals surface area (Å²) in [5.41, 5.74) is 2.93. The summed E-state index contributed by atoms with van der Waals surface area (Å²) in [4.78, 5) is 14.9. The van der Waals surface area contributed by atoms with Crippen molar-refractivity contribution in [2.45, 2.75) is 13.5 Å². The van der Waals surface area contributed by atoms with Crippen molar-refractivity contribution in [1.29, 1.82) is 5.26 Å². The highest BCUT2D eigenvalue weighted by Gasteiger charge is 2.02. The smallest absolute Gasteiger partial charge is 0.221 e. The lowest BCUT2D eigenvalue weighted by Crippen LogP contribution is -2.06. The lowest BCUT2D eigenvalue weighted by molar-refractivity contribution is -0.114. The summed E-state index contributed by atoms with van der Waals surface area (Å²) < 4.78 is 0. The molecule has 1 aromatic heterocycles. The lowest BCUT2D eigenvalue weighted by atomic mass is 10.2. The Labute approximate surface area is 117 Å². The van der Waals surface area contributed by atoms with Gasteiger partial charge in [0.05, 0.1) is 0 Å². The van der Waals surface area contributed by atoms with Gasteiger partial charge < -0.3 is 10.6 Å². The van der Waals surface area contributed by atoms with Crippen molar-refractivity contribution in [2.75, 3.05) is 10.6 Å². The third-order valence-corrected chi connectivity index (χ3v) is 2.69. The van der Waals surface area contributed by atoms with Gasteiger partial charge in [-0.2, -0.15) is 5.26 Å². The van der Waals surface area contributed by atoms with Crippen molar-refractivity contribution in [1.82, 2.24) is 4.98 Å². The molecule has 1 aromatic carbocycles. The summed E-state index contributed by atoms with van der Waals surface area (Å²) in [6.07, 6.45) is 1.60. The molecular weight excluding hydrogens is 252 g/mol. The van der Waals surface area contributed by atoms with Crippen LogP contribution in [0.15, 0.2) is 42.6 Å². The van der Waals surface area contributed by atoms with E-state index < -0.39 is 0 Å². The molecule has 0 aliphatic heterocycles. The summed E-state index contributed by atoms with van der Waals surface area (Å²) in [5.74, 6) is -0.0975. The Morgan fingerprint density at radius 2 is 1.95 bits per heavy atom. The number of carbonyl (C=O) groups is 1. The van der Waals surface area contributed by atoms with Gasteiger partial charge in [-0.05, 0) is 30.3 Å². The summed E-state index contributed by atoms with van der Waals surface area (Å²) in [5, 5.41) is 14.9. The number of pyridine rings is 1. The molecule has 0 aliphatic rings. The summed E-state index contributed by atoms with van der Waals surface area (Å²) in [7, 11) is 0. The Bertz CT molecular complexity index is 644. The number of nitrogens with zero attached hydrogens (tertiary/aromatic N) is 2. The van der Waals surface area contributed by atoms with E-state index in [2.05, 4.69) is 21.7 Å². The van der Waals surface area contributed by atoms with Crippen molar-refractivity contribution in [3.05, 3.63) is 53.9 Å². The van der Waals surface area contributed by atoms with Crippen LogP contribution in [0.1, 0.15) is 18.2 Å². The molecule has 2 rings (SSSR count). The van der Waals surface area contributed by atoms with Gasteiger partial charge in [-0.1, -0.05) is 6.07 Å². The molecule has 0 unspecified atom stereocenters. The molecular formula is C15H14N4O. The number of nitriles is 1. The van der Waals surface area contributed by atoms with E-state index in [1.807, 2.05) is 30.3 Å². The molecule has 20 heavy (non-hydrogen) atoms. The van der Waals surface area contributed by atoms with E-state index >= 15 is 0 Å². The van der Waals surface area contributed by atoms with Crippen molar-refractivity contribution >= 4 is 17.3 Å². The Morgan fingerprint density at radius 1 is 1.25 bits per heavy atom. The molecule has 0 saturated heterocycles. The fraction of sp³-hybridized carbons (Fsp3) is 0.133. The fourth-order valence-corrected chi connectivity index (χ4v) is 1.75. The number of hydrogen-bond donors (Lipinski definition) is 2. The van der Waals surface area contributed by atoms with E-state index in [4.69, 9.17) is 5.26 Å². The minimum atomic E-state index is -0.0975. The topological polar surface area (TPSA) is 77.8 Å². The van der Waals surface area contributed by atoms with Crippen LogP contribution in [0.2, 0.25) is 0 Å². The van der Waals surface area contributed by atoms with Gasteiger partial charge >= 0.3 is 0 Å². The van der Waals surface area contributed by atoms with Gasteiger partial charge in [0, 0.05) is 36.6 Å². The van der Waals surface area contributed by atoms with Crippen LogP contribution in [0.25, 0.3) is 0 Å². The highest BCUT2D eigenvalue weighted by Crippen LogP contribution is 2.15. The van der Waals surface area contributed by atoms with Crippen LogP contribution in [0.4, 0.5) is 11.4 Å². The number of rotatable bonds is 4. The highest BCUT2D eigenvalue weighted by molar-refractivity contribution is 5.88. The van der Waals surface area contributed by atoms with Crippen molar-refractivity contribution in [2.24, 2.45) is 0 Å². The summed E-state index contributed by atoms with van der Waals surface area (Å²) >= 11 is 0. The number of hydrogen-bond acceptors (Lipinski definition) is 4. The standard InChI is InChI=1S/C15H14N4O/c1-11(20)19-14-6-4-13(5-7-14)18-10-12-3-2-8-17-15(12)9-16/h2-8,18H,10H2,1H3,(H,19,20). The van der Waals surface area contributed by atoms with E-state index in [1.54, 1.807) is 12.3 Å². The van der Waals surface area contributed by atoms with Gasteiger partial charge in [0.15, 0.2) is 0 Å². The molecule has 1 amide bonds. The second-order valence-electron chi connectivity index (χ2n) is 4.24. The predicted molar refractivity (Wildman–Crippen MR) is 77.0 cm³/mol. The van der Waals surface area contributed by atoms with E-state index in [9.17, 15) is 4.79 Å². The molecule has 2 N–H and O–H groups in total. The van der Waals surface area contributed by atoms with Gasteiger partial charge in [0.25, 0.3) is 0 Å². The van der Waals surface area contributed by atoms with Crippen LogP contribution in [0.3, 0.4) is 0 Å². The number of benzene rings is 1. The molecule has 2 aromatic rings. The van der Waals surface area contributed by atoms with Crippen molar-refractivity contribution in [3.8, 4) is 6.07 Å². The number of nitrogens with one attached hydrogen (secondary N) is 2. The van der Waals surface area contributed by atoms with E-state index in [1.165, 1.54) is 6.92 Å². The molecule has 1 heterocycles. The van der Waals surface area contributed by atoms with Crippen LogP contribution < -0.4 is 10.6 Å². The predicted octanol–water partition coefficient (Wildman–Crippen LogP) is 2.52. The highest BCUT2D eigenvalue weighted by atomic mass is 16.1. The number of carbonyl (C=O) groups excluding carboxylic acids is 1. The zero-order valence-corrected chi connectivity index (χ0v) is 11.1. The minimum Gasteiger partial charge on any atom is -0.381 e. The van der Waals surface area contributed by atoms with Crippen molar-refractivity contribution < 1.29 is 4.79 Å². The SMILES string of the molecule is CC(=O)Nc1ccc(NCc2cccnc2C#N)cc1. The van der Waals surface area contributed by atoms with Crippen LogP contribution in [0, 0.1) is 11.3 Å². The first-order valence-corrected chi connectivity index (χ1v) is 6.14. The second kappa shape index (κ2) is 6.34. The first kappa shape index (κ1) is 13.6. The molecule has 0 aliphatic carbocycles. The van der Waals surface area contributed by atoms with E-state index in [0.29, 0.717) is 12.2 Å². The molecule has 5 heteroatoms. The molecule has 5 nitrogen and oxygen atoms in total. The largest absolute Gasteiger partial charge is 0.381 e. The number of anilines is 2. The van der Waals surface area contributed by atoms with Crippen LogP contribution in [-0.4, -0.2) is 10.9 Å². The molecule has 0 saturated carbocycles. The maximum atomic E-state index is 10.9. The van der Waals surface area contributed by atoms with Crippen LogP contribution >= 0.6 is 0 Å². The Morgan fingerprint density at radius 3 is 2.60 bits per heavy atom. The normalized spacial score (nSPS) is 9.60. The zero-order chi connectivity index (χ0) is 14.4. The Balaban J connectivity index is 2.01. The zero-order valence-electron chi connectivity index (χ0n) is 11.1. The molecule has 0 fully saturated rings. The van der Waals surface area contributed by atoms with Gasteiger partial charge in [0.1, 0.15) is 11.8 Å². The molecule has 0 spiro atoms. The average molecular weight is 266 g/mol. The van der Waals surface area contributed by atoms with Crippen molar-refractivity contribution in [3.63, 3.8) is 0 Å². The molecule has 0 atom stereocenters. The third kappa shape index (κ3) is 3.56. The van der Waals surface area contributed by atoms with E-state index in [-0.39, 0.29) is 5.91 Å². The molecule has 100 valence electrons. The Hall–Kier alpha value is -2.87. The molecule has 0 bridgehead atoms. The summed E-state index contributed by atoms with van der Waals surface area (Å²) in [6.45, 7) is 1.99. The van der Waals surface area contributed by atoms with Crippen LogP contribution in [-0.2, 0) is 11.3 Å². The fourth-order valence-electron chi connectivity index (χ4n) is 1.75. The first-order valence-electron chi connectivity index (χ1n) is 6.14. The molecule has 0 radical (unpaired) electrons. The quantitative estimate of drug-likeness (QED) is 0.891. The van der Waals surface area contributed by atoms with Gasteiger partial charge in [0.2, 0.25) is 5.91 Å². The minimum absolute atomic E-state index is 0.0975. The van der Waals surface area contributed by atoms with Gasteiger partial charge in [-0.25, -0.2) is 4.98 Å². The number of amides is 1. The van der Waals surface area contributed by atoms with Gasteiger partial charge in [-0.3, -0.25) is 4.79 Å². The summed E-state index contributed by atoms with van der Waals surface area (Å²) in [6, 6.07) is 13.1. The monoisotopic (exact) mass is 266 g/mol. The maximum Gasteiger partial charge on any atom is 0.221 e. The van der Waals surface area contributed by atoms with Crippen LogP contribution in [0.5, 0.6) is 0 Å². The lowest BCUT2D eigenvalue weighted by Gasteiger charge is -2.08. The average Bonchev–Trinajstić information content (AvgIpc) is 2.46. The number of aromatic nitrogens is 1.